The van der Waals surface area contributed by atoms with E-state index in [9.17, 15) is 4.79 Å². The quantitative estimate of drug-likeness (QED) is 0.0379. The van der Waals surface area contributed by atoms with Crippen LogP contribution in [0.15, 0.2) is 0 Å². The highest BCUT2D eigenvalue weighted by Gasteiger charge is 2.14. The summed E-state index contributed by atoms with van der Waals surface area (Å²) < 4.78 is 6.00. The number of carbonyl (C=O) groups excluding carboxylic acids is 1. The molecular weight excluding hydrogens is 627 g/mol. The van der Waals surface area contributed by atoms with Gasteiger partial charge >= 0.3 is 5.97 Å². The molecule has 0 aliphatic carbocycles. The van der Waals surface area contributed by atoms with Gasteiger partial charge in [0.05, 0.1) is 0 Å². The van der Waals surface area contributed by atoms with Crippen LogP contribution >= 0.6 is 25.3 Å². The van der Waals surface area contributed by atoms with Crippen LogP contribution in [0.1, 0.15) is 233 Å². The Morgan fingerprint density at radius 2 is 0.792 bits per heavy atom. The Bertz CT molecular complexity index is 567. The first-order chi connectivity index (χ1) is 23.6. The van der Waals surface area contributed by atoms with Crippen LogP contribution in [-0.2, 0) is 9.53 Å². The number of esters is 1. The van der Waals surface area contributed by atoms with Crippen molar-refractivity contribution in [1.82, 2.24) is 4.90 Å². The molecule has 0 spiro atoms. The van der Waals surface area contributed by atoms with Gasteiger partial charge in [-0.1, -0.05) is 169 Å². The standard InChI is InChI=1S/C34H69NO2S.C9H20S/c1-4-7-9-11-15-21-27-33(28-22-16-12-10-8-5-2)37-34(36)29-23-17-13-18-24-30-35(6-3)31-25-19-14-20-26-32-38;1-2-3-4-5-6-7-8-9-10/h33,38H,4-32H2,1-3H3;10H,2-9H2,1H3. The molecule has 0 saturated heterocycles. The monoisotopic (exact) mass is 716 g/mol. The molecule has 0 aromatic rings. The van der Waals surface area contributed by atoms with E-state index in [1.54, 1.807) is 0 Å². The first kappa shape index (κ1) is 50.2. The fourth-order valence-corrected chi connectivity index (χ4v) is 6.87. The van der Waals surface area contributed by atoms with Crippen molar-refractivity contribution in [3.05, 3.63) is 0 Å². The predicted molar refractivity (Wildman–Crippen MR) is 224 cm³/mol. The number of rotatable bonds is 38. The van der Waals surface area contributed by atoms with Crippen molar-refractivity contribution in [1.29, 1.82) is 0 Å². The van der Waals surface area contributed by atoms with E-state index in [0.29, 0.717) is 6.42 Å². The molecule has 0 saturated carbocycles. The highest BCUT2D eigenvalue weighted by atomic mass is 32.1. The predicted octanol–water partition coefficient (Wildman–Crippen LogP) is 14.6. The molecule has 0 N–H and O–H groups in total. The van der Waals surface area contributed by atoms with Gasteiger partial charge < -0.3 is 9.64 Å². The van der Waals surface area contributed by atoms with Gasteiger partial charge in [-0.3, -0.25) is 4.79 Å². The highest BCUT2D eigenvalue weighted by molar-refractivity contribution is 7.80. The molecule has 5 heteroatoms. The zero-order valence-electron chi connectivity index (χ0n) is 33.4. The van der Waals surface area contributed by atoms with Crippen LogP contribution in [0.2, 0.25) is 0 Å². The van der Waals surface area contributed by atoms with Crippen molar-refractivity contribution in [3.63, 3.8) is 0 Å². The SMILES string of the molecule is CCCCCCCCC(CCCCCCCC)OC(=O)CCCCCCCN(CC)CCCCCCCS.CCCCCCCCCS. The molecule has 3 nitrogen and oxygen atoms in total. The van der Waals surface area contributed by atoms with E-state index in [0.717, 1.165) is 37.2 Å². The van der Waals surface area contributed by atoms with Crippen molar-refractivity contribution >= 4 is 31.2 Å². The summed E-state index contributed by atoms with van der Waals surface area (Å²) in [5.74, 6) is 2.15. The van der Waals surface area contributed by atoms with Crippen LogP contribution in [-0.4, -0.2) is 48.1 Å². The molecular formula is C43H89NO2S2. The van der Waals surface area contributed by atoms with Crippen molar-refractivity contribution in [2.45, 2.75) is 239 Å². The van der Waals surface area contributed by atoms with Crippen LogP contribution in [0.25, 0.3) is 0 Å². The van der Waals surface area contributed by atoms with Gasteiger partial charge in [0.1, 0.15) is 6.10 Å². The van der Waals surface area contributed by atoms with Crippen LogP contribution in [0.4, 0.5) is 0 Å². The first-order valence-corrected chi connectivity index (χ1v) is 23.0. The molecule has 0 aromatic carbocycles. The number of hydrogen-bond donors (Lipinski definition) is 2. The lowest BCUT2D eigenvalue weighted by atomic mass is 10.0. The molecule has 0 atom stereocenters. The van der Waals surface area contributed by atoms with E-state index in [1.165, 1.54) is 193 Å². The highest BCUT2D eigenvalue weighted by Crippen LogP contribution is 2.18. The van der Waals surface area contributed by atoms with Crippen molar-refractivity contribution < 1.29 is 9.53 Å². The Labute approximate surface area is 314 Å². The molecule has 0 unspecified atom stereocenters. The van der Waals surface area contributed by atoms with Gasteiger partial charge in [0, 0.05) is 6.42 Å². The second kappa shape index (κ2) is 45.2. The van der Waals surface area contributed by atoms with Crippen LogP contribution in [0.5, 0.6) is 0 Å². The largest absolute Gasteiger partial charge is 0.462 e. The lowest BCUT2D eigenvalue weighted by Gasteiger charge is -2.20. The number of nitrogens with zero attached hydrogens (tertiary/aromatic N) is 1. The molecule has 0 heterocycles. The van der Waals surface area contributed by atoms with E-state index in [4.69, 9.17) is 4.74 Å². The minimum Gasteiger partial charge on any atom is -0.462 e. The van der Waals surface area contributed by atoms with Gasteiger partial charge in [0.15, 0.2) is 0 Å². The normalized spacial score (nSPS) is 11.3. The van der Waals surface area contributed by atoms with E-state index >= 15 is 0 Å². The number of thiol groups is 2. The summed E-state index contributed by atoms with van der Waals surface area (Å²) in [5, 5.41) is 0. The number of unbranched alkanes of at least 4 members (excludes halogenated alkanes) is 24. The zero-order valence-corrected chi connectivity index (χ0v) is 35.2. The topological polar surface area (TPSA) is 29.5 Å². The van der Waals surface area contributed by atoms with Crippen molar-refractivity contribution in [3.8, 4) is 0 Å². The van der Waals surface area contributed by atoms with Gasteiger partial charge in [-0.15, -0.1) is 0 Å². The Morgan fingerprint density at radius 1 is 0.458 bits per heavy atom. The molecule has 0 radical (unpaired) electrons. The summed E-state index contributed by atoms with van der Waals surface area (Å²) in [6.07, 6.45) is 40.9. The molecule has 0 aliphatic rings. The Hall–Kier alpha value is 0.130. The number of ether oxygens (including phenoxy) is 1. The van der Waals surface area contributed by atoms with E-state index < -0.39 is 0 Å². The first-order valence-electron chi connectivity index (χ1n) is 21.7. The Balaban J connectivity index is 0. The third-order valence-corrected chi connectivity index (χ3v) is 10.4. The average Bonchev–Trinajstić information content (AvgIpc) is 3.09. The molecule has 0 rings (SSSR count). The fourth-order valence-electron chi connectivity index (χ4n) is 6.42. The summed E-state index contributed by atoms with van der Waals surface area (Å²) >= 11 is 8.46. The van der Waals surface area contributed by atoms with E-state index in [1.807, 2.05) is 0 Å². The summed E-state index contributed by atoms with van der Waals surface area (Å²) in [6, 6.07) is 0. The smallest absolute Gasteiger partial charge is 0.306 e. The maximum absolute atomic E-state index is 12.6. The number of carbonyl (C=O) groups is 1. The minimum absolute atomic E-state index is 0.0542. The van der Waals surface area contributed by atoms with Crippen molar-refractivity contribution in [2.24, 2.45) is 0 Å². The zero-order chi connectivity index (χ0) is 35.6. The summed E-state index contributed by atoms with van der Waals surface area (Å²) in [4.78, 5) is 15.2. The molecule has 0 amide bonds. The third kappa shape index (κ3) is 42.3. The summed E-state index contributed by atoms with van der Waals surface area (Å²) in [6.45, 7) is 12.7. The minimum atomic E-state index is 0.0542. The maximum atomic E-state index is 12.6. The van der Waals surface area contributed by atoms with E-state index in [-0.39, 0.29) is 12.1 Å². The van der Waals surface area contributed by atoms with Crippen molar-refractivity contribution in [2.75, 3.05) is 31.1 Å². The molecule has 290 valence electrons. The maximum Gasteiger partial charge on any atom is 0.306 e. The van der Waals surface area contributed by atoms with Gasteiger partial charge in [-0.25, -0.2) is 0 Å². The average molecular weight is 716 g/mol. The Kier molecular flexibility index (Phi) is 47.3. The van der Waals surface area contributed by atoms with Gasteiger partial charge in [0.25, 0.3) is 0 Å². The van der Waals surface area contributed by atoms with E-state index in [2.05, 4.69) is 57.9 Å². The van der Waals surface area contributed by atoms with Gasteiger partial charge in [0.2, 0.25) is 0 Å². The molecule has 0 fully saturated rings. The van der Waals surface area contributed by atoms with Gasteiger partial charge in [-0.2, -0.15) is 25.3 Å². The third-order valence-electron chi connectivity index (χ3n) is 9.75. The molecule has 0 bridgehead atoms. The van der Waals surface area contributed by atoms with Crippen LogP contribution < -0.4 is 0 Å². The molecule has 0 aromatic heterocycles. The van der Waals surface area contributed by atoms with Crippen LogP contribution in [0.3, 0.4) is 0 Å². The fraction of sp³-hybridized carbons (Fsp3) is 0.977. The lowest BCUT2D eigenvalue weighted by molar-refractivity contribution is -0.150. The van der Waals surface area contributed by atoms with Gasteiger partial charge in [-0.05, 0) is 88.9 Å². The Morgan fingerprint density at radius 3 is 1.17 bits per heavy atom. The lowest BCUT2D eigenvalue weighted by Crippen LogP contribution is -2.25. The molecule has 0 aliphatic heterocycles. The summed E-state index contributed by atoms with van der Waals surface area (Å²) in [7, 11) is 0. The second-order valence-corrected chi connectivity index (χ2v) is 15.4. The van der Waals surface area contributed by atoms with Crippen LogP contribution in [0, 0.1) is 0 Å². The number of hydrogen-bond acceptors (Lipinski definition) is 5. The summed E-state index contributed by atoms with van der Waals surface area (Å²) in [5.41, 5.74) is 0. The molecule has 48 heavy (non-hydrogen) atoms. The second-order valence-electron chi connectivity index (χ2n) is 14.5.